The lowest BCUT2D eigenvalue weighted by atomic mass is 9.88. The highest BCUT2D eigenvalue weighted by Gasteiger charge is 2.26. The fraction of sp³-hybridized carbons (Fsp3) is 0.481. The zero-order chi connectivity index (χ0) is 24.1. The fourth-order valence-electron chi connectivity index (χ4n) is 5.22. The molecule has 2 aliphatic rings. The molecule has 0 atom stereocenters. The number of nitrogens with zero attached hydrogens (tertiary/aromatic N) is 2. The van der Waals surface area contributed by atoms with Crippen LogP contribution in [0.1, 0.15) is 77.9 Å². The molecule has 7 heteroatoms. The molecular weight excluding hydrogens is 446 g/mol. The average molecular weight is 480 g/mol. The molecule has 2 fully saturated rings. The summed E-state index contributed by atoms with van der Waals surface area (Å²) in [6.07, 6.45) is 7.07. The van der Waals surface area contributed by atoms with E-state index in [9.17, 15) is 13.2 Å². The van der Waals surface area contributed by atoms with Crippen LogP contribution in [0, 0.1) is 24.2 Å². The second kappa shape index (κ2) is 10.6. The summed E-state index contributed by atoms with van der Waals surface area (Å²) in [5.41, 5.74) is 3.71. The predicted molar refractivity (Wildman–Crippen MR) is 134 cm³/mol. The highest BCUT2D eigenvalue weighted by atomic mass is 32.2. The molecule has 1 aliphatic heterocycles. The van der Waals surface area contributed by atoms with Crippen LogP contribution in [0.5, 0.6) is 0 Å². The number of nitriles is 1. The number of hydrogen-bond acceptors (Lipinski definition) is 4. The van der Waals surface area contributed by atoms with Crippen molar-refractivity contribution in [2.45, 2.75) is 57.8 Å². The van der Waals surface area contributed by atoms with Gasteiger partial charge in [0.2, 0.25) is 10.0 Å². The van der Waals surface area contributed by atoms with Gasteiger partial charge in [-0.25, -0.2) is 8.42 Å². The molecule has 2 aromatic rings. The molecule has 180 valence electrons. The lowest BCUT2D eigenvalue weighted by Gasteiger charge is -2.32. The van der Waals surface area contributed by atoms with Gasteiger partial charge in [0.05, 0.1) is 17.4 Å². The van der Waals surface area contributed by atoms with E-state index < -0.39 is 10.0 Å². The Hall–Kier alpha value is -2.85. The maximum atomic E-state index is 13.3. The normalized spacial score (nSPS) is 17.8. The van der Waals surface area contributed by atoms with E-state index in [1.165, 1.54) is 12.0 Å². The van der Waals surface area contributed by atoms with E-state index in [2.05, 4.69) is 10.8 Å². The van der Waals surface area contributed by atoms with Gasteiger partial charge in [-0.15, -0.1) is 0 Å². The van der Waals surface area contributed by atoms with Crippen molar-refractivity contribution < 1.29 is 13.2 Å². The summed E-state index contributed by atoms with van der Waals surface area (Å²) in [6, 6.07) is 15.1. The molecule has 0 spiro atoms. The highest BCUT2D eigenvalue weighted by molar-refractivity contribution is 7.92. The third kappa shape index (κ3) is 5.98. The number of piperidine rings is 1. The van der Waals surface area contributed by atoms with Gasteiger partial charge < -0.3 is 4.90 Å². The summed E-state index contributed by atoms with van der Waals surface area (Å²) in [4.78, 5) is 15.2. The first kappa shape index (κ1) is 24.3. The van der Waals surface area contributed by atoms with E-state index in [0.717, 1.165) is 44.1 Å². The lowest BCUT2D eigenvalue weighted by Crippen LogP contribution is -2.38. The molecular formula is C27H33N3O3S. The fourth-order valence-corrected chi connectivity index (χ4v) is 6.74. The molecule has 0 aromatic heterocycles. The van der Waals surface area contributed by atoms with Gasteiger partial charge in [-0.2, -0.15) is 5.26 Å². The number of anilines is 1. The summed E-state index contributed by atoms with van der Waals surface area (Å²) in [6.45, 7) is 3.19. The number of carbonyl (C=O) groups is 1. The lowest BCUT2D eigenvalue weighted by molar-refractivity contribution is 0.0712. The summed E-state index contributed by atoms with van der Waals surface area (Å²) in [5, 5.41) is 8.99. The van der Waals surface area contributed by atoms with Crippen LogP contribution in [0.2, 0.25) is 0 Å². The molecule has 0 bridgehead atoms. The molecule has 0 unspecified atom stereocenters. The van der Waals surface area contributed by atoms with Crippen molar-refractivity contribution in [3.05, 3.63) is 64.7 Å². The first-order valence-corrected chi connectivity index (χ1v) is 13.9. The topological polar surface area (TPSA) is 90.3 Å². The number of nitrogens with one attached hydrogen (secondary N) is 1. The van der Waals surface area contributed by atoms with Crippen LogP contribution in [-0.2, 0) is 10.0 Å². The van der Waals surface area contributed by atoms with E-state index in [4.69, 9.17) is 5.26 Å². The Labute approximate surface area is 203 Å². The Bertz CT molecular complexity index is 1150. The van der Waals surface area contributed by atoms with Crippen molar-refractivity contribution in [3.8, 4) is 6.07 Å². The molecule has 6 nitrogen and oxygen atoms in total. The average Bonchev–Trinajstić information content (AvgIpc) is 2.85. The van der Waals surface area contributed by atoms with Gasteiger partial charge in [0.25, 0.3) is 5.91 Å². The number of benzene rings is 2. The largest absolute Gasteiger partial charge is 0.339 e. The number of rotatable bonds is 6. The Morgan fingerprint density at radius 1 is 1.03 bits per heavy atom. The maximum Gasteiger partial charge on any atom is 0.254 e. The molecule has 2 aromatic carbocycles. The van der Waals surface area contributed by atoms with Gasteiger partial charge in [-0.3, -0.25) is 9.52 Å². The first-order valence-electron chi connectivity index (χ1n) is 12.2. The van der Waals surface area contributed by atoms with Crippen molar-refractivity contribution >= 4 is 21.6 Å². The minimum atomic E-state index is -3.45. The maximum absolute atomic E-state index is 13.3. The molecule has 4 rings (SSSR count). The van der Waals surface area contributed by atoms with Crippen molar-refractivity contribution in [2.75, 3.05) is 23.6 Å². The highest BCUT2D eigenvalue weighted by Crippen LogP contribution is 2.30. The van der Waals surface area contributed by atoms with Crippen LogP contribution >= 0.6 is 0 Å². The van der Waals surface area contributed by atoms with Gasteiger partial charge in [0.1, 0.15) is 0 Å². The zero-order valence-corrected chi connectivity index (χ0v) is 20.6. The van der Waals surface area contributed by atoms with Gasteiger partial charge in [-0.05, 0) is 79.8 Å². The van der Waals surface area contributed by atoms with E-state index >= 15 is 0 Å². The number of amides is 1. The minimum Gasteiger partial charge on any atom is -0.339 e. The van der Waals surface area contributed by atoms with Crippen LogP contribution in [0.15, 0.2) is 42.5 Å². The van der Waals surface area contributed by atoms with E-state index in [-0.39, 0.29) is 17.6 Å². The number of likely N-dealkylation sites (tertiary alicyclic amines) is 1. The summed E-state index contributed by atoms with van der Waals surface area (Å²) in [7, 11) is -3.45. The van der Waals surface area contributed by atoms with E-state index in [1.54, 1.807) is 12.1 Å². The molecule has 34 heavy (non-hydrogen) atoms. The number of hydrogen-bond donors (Lipinski definition) is 1. The van der Waals surface area contributed by atoms with Crippen LogP contribution in [0.3, 0.4) is 0 Å². The molecule has 1 saturated carbocycles. The third-order valence-corrected chi connectivity index (χ3v) is 8.67. The molecule has 1 amide bonds. The molecule has 0 radical (unpaired) electrons. The third-order valence-electron chi connectivity index (χ3n) is 7.21. The second-order valence-corrected chi connectivity index (χ2v) is 11.5. The molecule has 1 N–H and O–H groups in total. The molecule has 1 aliphatic carbocycles. The standard InChI is InChI=1S/C27H33N3O3S/c1-20-7-12-25(29-34(32,33)19-22-5-3-2-4-6-22)17-26(20)27(31)30-15-13-24(14-16-30)23-10-8-21(18-28)9-11-23/h7-12,17,22,24,29H,2-6,13-16,19H2,1H3. The quantitative estimate of drug-likeness (QED) is 0.616. The second-order valence-electron chi connectivity index (χ2n) is 9.72. The van der Waals surface area contributed by atoms with Crippen LogP contribution in [0.25, 0.3) is 0 Å². The van der Waals surface area contributed by atoms with Crippen molar-refractivity contribution in [1.29, 1.82) is 5.26 Å². The zero-order valence-electron chi connectivity index (χ0n) is 19.8. The summed E-state index contributed by atoms with van der Waals surface area (Å²) in [5.74, 6) is 0.683. The first-order chi connectivity index (χ1) is 16.3. The summed E-state index contributed by atoms with van der Waals surface area (Å²) >= 11 is 0. The molecule has 1 saturated heterocycles. The van der Waals surface area contributed by atoms with Crippen LogP contribution < -0.4 is 4.72 Å². The van der Waals surface area contributed by atoms with E-state index in [0.29, 0.717) is 35.8 Å². The summed E-state index contributed by atoms with van der Waals surface area (Å²) < 4.78 is 28.2. The Morgan fingerprint density at radius 2 is 1.71 bits per heavy atom. The van der Waals surface area contributed by atoms with Crippen molar-refractivity contribution in [2.24, 2.45) is 5.92 Å². The molecule has 1 heterocycles. The van der Waals surface area contributed by atoms with Crippen molar-refractivity contribution in [1.82, 2.24) is 4.90 Å². The van der Waals surface area contributed by atoms with Gasteiger partial charge in [0, 0.05) is 24.3 Å². The SMILES string of the molecule is Cc1ccc(NS(=O)(=O)CC2CCCCC2)cc1C(=O)N1CCC(c2ccc(C#N)cc2)CC1. The Kier molecular flexibility index (Phi) is 7.57. The Morgan fingerprint density at radius 3 is 2.35 bits per heavy atom. The van der Waals surface area contributed by atoms with E-state index in [1.807, 2.05) is 42.2 Å². The minimum absolute atomic E-state index is 0.0518. The predicted octanol–water partition coefficient (Wildman–Crippen LogP) is 5.21. The monoisotopic (exact) mass is 479 g/mol. The number of sulfonamides is 1. The van der Waals surface area contributed by atoms with Crippen LogP contribution in [-0.4, -0.2) is 38.1 Å². The van der Waals surface area contributed by atoms with Gasteiger partial charge in [0.15, 0.2) is 0 Å². The number of aryl methyl sites for hydroxylation is 1. The van der Waals surface area contributed by atoms with Crippen molar-refractivity contribution in [3.63, 3.8) is 0 Å². The van der Waals surface area contributed by atoms with Gasteiger partial charge in [-0.1, -0.05) is 37.5 Å². The Balaban J connectivity index is 1.39. The van der Waals surface area contributed by atoms with Crippen LogP contribution in [0.4, 0.5) is 5.69 Å². The number of carbonyl (C=O) groups excluding carboxylic acids is 1. The van der Waals surface area contributed by atoms with Gasteiger partial charge >= 0.3 is 0 Å². The smallest absolute Gasteiger partial charge is 0.254 e.